The van der Waals surface area contributed by atoms with Crippen molar-refractivity contribution < 1.29 is 4.79 Å². The first-order chi connectivity index (χ1) is 9.58. The summed E-state index contributed by atoms with van der Waals surface area (Å²) in [5.41, 5.74) is 6.78. The van der Waals surface area contributed by atoms with Crippen LogP contribution in [0.15, 0.2) is 18.2 Å². The molecule has 2 atom stereocenters. The predicted octanol–water partition coefficient (Wildman–Crippen LogP) is 2.23. The summed E-state index contributed by atoms with van der Waals surface area (Å²) in [6.07, 6.45) is 2.42. The van der Waals surface area contributed by atoms with Crippen LogP contribution in [0.4, 0.5) is 5.69 Å². The number of hydrogen-bond donors (Lipinski definition) is 1. The summed E-state index contributed by atoms with van der Waals surface area (Å²) in [5.74, 6) is 0.00125. The summed E-state index contributed by atoms with van der Waals surface area (Å²) in [5, 5.41) is 0.374. The van der Waals surface area contributed by atoms with Crippen LogP contribution in [-0.4, -0.2) is 47.4 Å². The van der Waals surface area contributed by atoms with E-state index in [0.717, 1.165) is 19.6 Å². The zero-order valence-electron chi connectivity index (χ0n) is 11.7. The number of anilines is 1. The highest BCUT2D eigenvalue weighted by atomic mass is 35.5. The number of halogens is 1. The van der Waals surface area contributed by atoms with Gasteiger partial charge in [-0.15, -0.1) is 0 Å². The van der Waals surface area contributed by atoms with E-state index in [1.807, 2.05) is 4.90 Å². The molecule has 2 fully saturated rings. The number of nitrogens with two attached hydrogens (primary N) is 1. The lowest BCUT2D eigenvalue weighted by atomic mass is 10.1. The number of carbonyl (C=O) groups is 1. The molecule has 1 aromatic rings. The third-order valence-corrected chi connectivity index (χ3v) is 4.88. The highest BCUT2D eigenvalue weighted by Gasteiger charge is 2.37. The van der Waals surface area contributed by atoms with E-state index in [0.29, 0.717) is 22.3 Å². The Morgan fingerprint density at radius 1 is 1.40 bits per heavy atom. The molecule has 4 nitrogen and oxygen atoms in total. The number of carbonyl (C=O) groups excluding carboxylic acids is 1. The van der Waals surface area contributed by atoms with Gasteiger partial charge in [0.05, 0.1) is 16.3 Å². The molecule has 0 saturated carbocycles. The Kier molecular flexibility index (Phi) is 3.61. The normalized spacial score (nSPS) is 26.6. The number of nitrogens with zero attached hydrogens (tertiary/aromatic N) is 2. The van der Waals surface area contributed by atoms with Crippen molar-refractivity contribution in [1.29, 1.82) is 0 Å². The second-order valence-corrected chi connectivity index (χ2v) is 6.18. The van der Waals surface area contributed by atoms with Gasteiger partial charge in [-0.25, -0.2) is 0 Å². The number of amides is 1. The van der Waals surface area contributed by atoms with Gasteiger partial charge in [-0.2, -0.15) is 0 Å². The van der Waals surface area contributed by atoms with E-state index in [9.17, 15) is 4.79 Å². The van der Waals surface area contributed by atoms with Gasteiger partial charge in [0.15, 0.2) is 0 Å². The molecule has 5 heteroatoms. The molecule has 2 aliphatic rings. The fraction of sp³-hybridized carbons (Fsp3) is 0.533. The van der Waals surface area contributed by atoms with Crippen molar-refractivity contribution in [1.82, 2.24) is 9.80 Å². The lowest BCUT2D eigenvalue weighted by Gasteiger charge is -2.42. The quantitative estimate of drug-likeness (QED) is 0.808. The van der Waals surface area contributed by atoms with Gasteiger partial charge in [0, 0.05) is 25.2 Å². The molecule has 2 heterocycles. The topological polar surface area (TPSA) is 49.6 Å². The standard InChI is InChI=1S/C15H20ClN3O/c1-10-8-18-7-3-4-11(18)9-19(10)15(20)12-5-2-6-13(17)14(12)16/h2,5-6,10-11H,3-4,7-9,17H2,1H3. The molecule has 0 bridgehead atoms. The van der Waals surface area contributed by atoms with Gasteiger partial charge in [-0.3, -0.25) is 9.69 Å². The fourth-order valence-corrected chi connectivity index (χ4v) is 3.55. The summed E-state index contributed by atoms with van der Waals surface area (Å²) in [7, 11) is 0. The average Bonchev–Trinajstić information content (AvgIpc) is 2.87. The van der Waals surface area contributed by atoms with Crippen LogP contribution in [0, 0.1) is 0 Å². The first-order valence-electron chi connectivity index (χ1n) is 7.17. The second-order valence-electron chi connectivity index (χ2n) is 5.81. The SMILES string of the molecule is CC1CN2CCCC2CN1C(=O)c1cccc(N)c1Cl. The maximum absolute atomic E-state index is 12.7. The molecule has 2 aliphatic heterocycles. The molecule has 0 spiro atoms. The number of benzene rings is 1. The smallest absolute Gasteiger partial charge is 0.255 e. The van der Waals surface area contributed by atoms with Crippen LogP contribution in [-0.2, 0) is 0 Å². The zero-order valence-corrected chi connectivity index (χ0v) is 12.4. The largest absolute Gasteiger partial charge is 0.398 e. The highest BCUT2D eigenvalue weighted by Crippen LogP contribution is 2.29. The van der Waals surface area contributed by atoms with Crippen LogP contribution in [0.2, 0.25) is 5.02 Å². The predicted molar refractivity (Wildman–Crippen MR) is 81.0 cm³/mol. The van der Waals surface area contributed by atoms with Crippen molar-refractivity contribution in [2.24, 2.45) is 0 Å². The maximum atomic E-state index is 12.7. The lowest BCUT2D eigenvalue weighted by molar-refractivity contribution is 0.0395. The molecule has 3 rings (SSSR count). The van der Waals surface area contributed by atoms with Gasteiger partial charge in [0.2, 0.25) is 0 Å². The minimum Gasteiger partial charge on any atom is -0.398 e. The number of piperazine rings is 1. The van der Waals surface area contributed by atoms with Gasteiger partial charge in [-0.05, 0) is 38.4 Å². The zero-order chi connectivity index (χ0) is 14.3. The number of rotatable bonds is 1. The summed E-state index contributed by atoms with van der Waals surface area (Å²) < 4.78 is 0. The van der Waals surface area contributed by atoms with E-state index >= 15 is 0 Å². The summed E-state index contributed by atoms with van der Waals surface area (Å²) in [4.78, 5) is 17.2. The third-order valence-electron chi connectivity index (χ3n) is 4.46. The average molecular weight is 294 g/mol. The van der Waals surface area contributed by atoms with Crippen LogP contribution < -0.4 is 5.73 Å². The van der Waals surface area contributed by atoms with Crippen molar-refractivity contribution in [3.63, 3.8) is 0 Å². The second kappa shape index (κ2) is 5.26. The molecule has 1 amide bonds. The summed E-state index contributed by atoms with van der Waals surface area (Å²) >= 11 is 6.18. The number of fused-ring (bicyclic) bond motifs is 1. The van der Waals surface area contributed by atoms with Gasteiger partial charge in [-0.1, -0.05) is 17.7 Å². The molecule has 0 aliphatic carbocycles. The van der Waals surface area contributed by atoms with E-state index < -0.39 is 0 Å². The first-order valence-corrected chi connectivity index (χ1v) is 7.54. The van der Waals surface area contributed by atoms with E-state index in [1.165, 1.54) is 12.8 Å². The monoisotopic (exact) mass is 293 g/mol. The number of hydrogen-bond acceptors (Lipinski definition) is 3. The fourth-order valence-electron chi connectivity index (χ4n) is 3.34. The van der Waals surface area contributed by atoms with Crippen LogP contribution in [0.25, 0.3) is 0 Å². The molecular weight excluding hydrogens is 274 g/mol. The van der Waals surface area contributed by atoms with Crippen molar-refractivity contribution in [2.45, 2.75) is 31.8 Å². The van der Waals surface area contributed by atoms with Crippen LogP contribution in [0.3, 0.4) is 0 Å². The summed E-state index contributed by atoms with van der Waals surface area (Å²) in [6.45, 7) is 5.02. The van der Waals surface area contributed by atoms with E-state index in [-0.39, 0.29) is 11.9 Å². The van der Waals surface area contributed by atoms with Crippen LogP contribution in [0.5, 0.6) is 0 Å². The minimum atomic E-state index is 0.00125. The Bertz CT molecular complexity index is 534. The molecular formula is C15H20ClN3O. The lowest BCUT2D eigenvalue weighted by Crippen LogP contribution is -2.56. The third kappa shape index (κ3) is 2.27. The molecule has 1 aromatic carbocycles. The van der Waals surface area contributed by atoms with E-state index in [2.05, 4.69) is 11.8 Å². The first kappa shape index (κ1) is 13.7. The van der Waals surface area contributed by atoms with Crippen molar-refractivity contribution in [2.75, 3.05) is 25.4 Å². The van der Waals surface area contributed by atoms with Crippen molar-refractivity contribution in [3.8, 4) is 0 Å². The van der Waals surface area contributed by atoms with Gasteiger partial charge in [0.25, 0.3) is 5.91 Å². The van der Waals surface area contributed by atoms with E-state index in [4.69, 9.17) is 17.3 Å². The van der Waals surface area contributed by atoms with Gasteiger partial charge in [0.1, 0.15) is 0 Å². The Morgan fingerprint density at radius 2 is 2.20 bits per heavy atom. The van der Waals surface area contributed by atoms with Crippen LogP contribution >= 0.6 is 11.6 Å². The number of nitrogen functional groups attached to an aromatic ring is 1. The minimum absolute atomic E-state index is 0.00125. The molecule has 0 radical (unpaired) electrons. The maximum Gasteiger partial charge on any atom is 0.255 e. The Morgan fingerprint density at radius 3 is 3.00 bits per heavy atom. The molecule has 2 unspecified atom stereocenters. The van der Waals surface area contributed by atoms with Crippen molar-refractivity contribution >= 4 is 23.2 Å². The summed E-state index contributed by atoms with van der Waals surface area (Å²) in [6, 6.07) is 5.99. The molecule has 108 valence electrons. The van der Waals surface area contributed by atoms with E-state index in [1.54, 1.807) is 18.2 Å². The highest BCUT2D eigenvalue weighted by molar-refractivity contribution is 6.36. The molecule has 20 heavy (non-hydrogen) atoms. The molecule has 2 N–H and O–H groups in total. The molecule has 0 aromatic heterocycles. The Hall–Kier alpha value is -1.26. The van der Waals surface area contributed by atoms with Crippen LogP contribution in [0.1, 0.15) is 30.1 Å². The Balaban J connectivity index is 1.84. The molecule has 2 saturated heterocycles. The van der Waals surface area contributed by atoms with Crippen molar-refractivity contribution in [3.05, 3.63) is 28.8 Å². The Labute approximate surface area is 124 Å². The van der Waals surface area contributed by atoms with Gasteiger partial charge < -0.3 is 10.6 Å². The van der Waals surface area contributed by atoms with Gasteiger partial charge >= 0.3 is 0 Å².